The van der Waals surface area contributed by atoms with Gasteiger partial charge in [-0.1, -0.05) is 167 Å². The van der Waals surface area contributed by atoms with Gasteiger partial charge in [0.15, 0.2) is 0 Å². The van der Waals surface area contributed by atoms with Gasteiger partial charge in [0.05, 0.1) is 61.5 Å². The summed E-state index contributed by atoms with van der Waals surface area (Å²) in [6, 6.07) is 15.2. The van der Waals surface area contributed by atoms with Gasteiger partial charge in [-0.05, 0) is 129 Å². The first kappa shape index (κ1) is 107. The van der Waals surface area contributed by atoms with Crippen LogP contribution in [0.15, 0.2) is 85.2 Å². The summed E-state index contributed by atoms with van der Waals surface area (Å²) in [7, 11) is 5.55. The second kappa shape index (κ2) is 57.8. The molecule has 2 aliphatic rings. The van der Waals surface area contributed by atoms with E-state index in [2.05, 4.69) is 96.4 Å². The number of unbranched alkanes of at least 4 members (excludes halogenated alkanes) is 2. The molecule has 0 saturated carbocycles. The summed E-state index contributed by atoms with van der Waals surface area (Å²) in [5.41, 5.74) is 6.11. The van der Waals surface area contributed by atoms with Gasteiger partial charge in [-0.2, -0.15) is 19.2 Å². The number of pyridine rings is 3. The van der Waals surface area contributed by atoms with Crippen molar-refractivity contribution in [1.82, 2.24) is 30.4 Å². The highest BCUT2D eigenvalue weighted by molar-refractivity contribution is 9.10. The van der Waals surface area contributed by atoms with Gasteiger partial charge >= 0.3 is 42.1 Å². The van der Waals surface area contributed by atoms with Crippen LogP contribution in [0.5, 0.6) is 5.75 Å². The van der Waals surface area contributed by atoms with Crippen molar-refractivity contribution >= 4 is 104 Å². The van der Waals surface area contributed by atoms with Crippen LogP contribution in [-0.2, 0) is 91.0 Å². The number of nitrogens with zero attached hydrogens (tertiary/aromatic N) is 5. The van der Waals surface area contributed by atoms with Crippen molar-refractivity contribution in [2.45, 2.75) is 231 Å². The maximum atomic E-state index is 13.1. The van der Waals surface area contributed by atoms with Crippen LogP contribution in [0.25, 0.3) is 22.8 Å². The summed E-state index contributed by atoms with van der Waals surface area (Å²) in [6.07, 6.45) is 10.1. The zero-order valence-corrected chi connectivity index (χ0v) is 69.7. The van der Waals surface area contributed by atoms with Crippen LogP contribution in [0.4, 0.5) is 0 Å². The van der Waals surface area contributed by atoms with Crippen molar-refractivity contribution in [3.63, 3.8) is 0 Å². The number of halogens is 2. The summed E-state index contributed by atoms with van der Waals surface area (Å²) < 4.78 is 18.3. The van der Waals surface area contributed by atoms with Gasteiger partial charge < -0.3 is 39.7 Å². The molecule has 0 aromatic carbocycles. The van der Waals surface area contributed by atoms with E-state index >= 15 is 0 Å². The molecule has 105 heavy (non-hydrogen) atoms. The predicted octanol–water partition coefficient (Wildman–Crippen LogP) is 14.0. The standard InChI is InChI=1S/C34H45BrN4O4.C18H28BrNO6.C8H9NO4.C5H8O2.4C2H6.CH5N.2CO2/c1-7-32(2,3)23-33(4,31(41)42-6)24-34(5,35)30(40)38-19-11-8-14-20-43-25-21-28(26-15-9-12-17-36-26)39-29(22-25)27-16-10-13-18-37-27;1-7-16(2,3)10-17(4,14(23)25-6)11-18(5,19)15(24)26-20-12(21)8-9-13(20)22;1-5(2)8(12)13-9-6(10)3-4-7(9)11;1-4(2)5(6)7-3;5*1-2;2*2-1-3/h9-10,12-13,15-18,21-22H,7-8,11,14,19-20,23-24H2,1-6H3,(H,38,40);7-11H2,1-6H3;1,3-4H2,2H3;1H2,2-3H3;4*1-2H3;2H2,1H3;;. The van der Waals surface area contributed by atoms with Crippen LogP contribution in [0.3, 0.4) is 0 Å². The summed E-state index contributed by atoms with van der Waals surface area (Å²) in [6.45, 7) is 46.3. The van der Waals surface area contributed by atoms with E-state index in [1.54, 1.807) is 33.2 Å². The molecule has 4 atom stereocenters. The van der Waals surface area contributed by atoms with Crippen LogP contribution in [0.1, 0.15) is 222 Å². The van der Waals surface area contributed by atoms with E-state index in [0.717, 1.165) is 54.9 Å². The lowest BCUT2D eigenvalue weighted by molar-refractivity contribution is -0.199. The molecule has 0 aliphatic carbocycles. The fourth-order valence-electron chi connectivity index (χ4n) is 9.58. The minimum absolute atomic E-state index is 0.0235. The molecular weight excluding hydrogens is 1490 g/mol. The summed E-state index contributed by atoms with van der Waals surface area (Å²) >= 11 is 6.95. The van der Waals surface area contributed by atoms with Gasteiger partial charge in [0.1, 0.15) is 14.4 Å². The van der Waals surface area contributed by atoms with Crippen LogP contribution < -0.4 is 15.8 Å². The second-order valence-electron chi connectivity index (χ2n) is 24.6. The molecule has 2 saturated heterocycles. The minimum atomic E-state index is -1.27. The van der Waals surface area contributed by atoms with Gasteiger partial charge in [-0.3, -0.25) is 43.5 Å². The third-order valence-electron chi connectivity index (χ3n) is 14.6. The fourth-order valence-corrected chi connectivity index (χ4v) is 11.0. The Morgan fingerprint density at radius 3 is 1.18 bits per heavy atom. The molecule has 0 bridgehead atoms. The number of carbonyl (C=O) groups is 10. The molecule has 0 radical (unpaired) electrons. The number of nitrogens with two attached hydrogens (primary N) is 1. The van der Waals surface area contributed by atoms with Crippen molar-refractivity contribution in [2.24, 2.45) is 27.4 Å². The van der Waals surface area contributed by atoms with Crippen molar-refractivity contribution in [3.8, 4) is 28.5 Å². The van der Waals surface area contributed by atoms with E-state index in [0.29, 0.717) is 53.9 Å². The van der Waals surface area contributed by atoms with Crippen molar-refractivity contribution < 1.29 is 95.7 Å². The maximum absolute atomic E-state index is 13.1. The van der Waals surface area contributed by atoms with Crippen LogP contribution >= 0.6 is 31.9 Å². The van der Waals surface area contributed by atoms with Crippen LogP contribution in [0, 0.1) is 21.7 Å². The Bertz CT molecular complexity index is 3110. The molecule has 29 heteroatoms. The third kappa shape index (κ3) is 42.9. The number of methoxy groups -OCH3 is 3. The number of aromatic nitrogens is 3. The number of imide groups is 2. The normalized spacial score (nSPS) is 13.7. The first-order valence-corrected chi connectivity index (χ1v) is 36.2. The van der Waals surface area contributed by atoms with Crippen LogP contribution in [-0.4, -0.2) is 147 Å². The highest BCUT2D eigenvalue weighted by Gasteiger charge is 2.49. The Morgan fingerprint density at radius 2 is 0.876 bits per heavy atom. The Balaban J connectivity index is -0.000000333. The number of hydroxylamine groups is 4. The molecule has 3 aromatic rings. The Morgan fingerprint density at radius 1 is 0.524 bits per heavy atom. The zero-order chi connectivity index (χ0) is 83.1. The van der Waals surface area contributed by atoms with E-state index in [4.69, 9.17) is 43.2 Å². The first-order chi connectivity index (χ1) is 49.2. The van der Waals surface area contributed by atoms with Gasteiger partial charge in [-0.15, -0.1) is 10.1 Å². The number of carbonyl (C=O) groups excluding carboxylic acids is 14. The fraction of sp³-hybridized carbons (Fsp3) is 0.592. The number of rotatable bonds is 27. The highest BCUT2D eigenvalue weighted by atomic mass is 79.9. The molecule has 27 nitrogen and oxygen atoms in total. The van der Waals surface area contributed by atoms with E-state index < -0.39 is 61.0 Å². The third-order valence-corrected chi connectivity index (χ3v) is 15.9. The Labute approximate surface area is 639 Å². The zero-order valence-electron chi connectivity index (χ0n) is 66.5. The number of ether oxygens (including phenoxy) is 4. The van der Waals surface area contributed by atoms with E-state index in [1.165, 1.54) is 35.3 Å². The van der Waals surface area contributed by atoms with Crippen molar-refractivity contribution in [1.29, 1.82) is 0 Å². The summed E-state index contributed by atoms with van der Waals surface area (Å²) in [4.78, 5) is 173. The molecule has 5 amide bonds. The molecule has 5 heterocycles. The maximum Gasteiger partial charge on any atom is 0.373 e. The average molecular weight is 1610 g/mol. The first-order valence-electron chi connectivity index (χ1n) is 34.6. The average Bonchev–Trinajstić information content (AvgIpc) is 1.000. The molecule has 5 rings (SSSR count). The Hall–Kier alpha value is -8.49. The van der Waals surface area contributed by atoms with Crippen LogP contribution in [0.2, 0.25) is 0 Å². The predicted molar refractivity (Wildman–Crippen MR) is 406 cm³/mol. The Kier molecular flexibility index (Phi) is 59.1. The second-order valence-corrected chi connectivity index (χ2v) is 28.1. The SMILES string of the molecule is C=C(C)C(=O)OC.C=C(C)C(=O)ON1C(=O)CCC1=O.CC.CC.CC.CC.CCC(C)(C)CC(C)(CC(C)(Br)C(=O)NCCCCCOc1cc(-c2ccccn2)nc(-c2ccccn2)c1)C(=O)OC.CCC(C)(C)CC(C)(CC(C)(Br)C(=O)ON1C(=O)CCC1=O)C(=O)OC.CN.O=C=O.O=C=O. The van der Waals surface area contributed by atoms with Gasteiger partial charge in [-0.25, -0.2) is 19.4 Å². The van der Waals surface area contributed by atoms with Crippen molar-refractivity contribution in [2.75, 3.05) is 41.5 Å². The lowest BCUT2D eigenvalue weighted by Gasteiger charge is -2.38. The number of hydrogen-bond donors (Lipinski definition) is 2. The number of hydrogen-bond acceptors (Lipinski definition) is 24. The van der Waals surface area contributed by atoms with E-state index in [1.807, 2.05) is 139 Å². The topological polar surface area (TPSA) is 378 Å². The molecule has 3 N–H and O–H groups in total. The molecule has 592 valence electrons. The summed E-state index contributed by atoms with van der Waals surface area (Å²) in [5.74, 6) is -4.11. The highest BCUT2D eigenvalue weighted by Crippen LogP contribution is 2.46. The largest absolute Gasteiger partial charge is 0.493 e. The van der Waals surface area contributed by atoms with E-state index in [-0.39, 0.29) is 78.7 Å². The van der Waals surface area contributed by atoms with E-state index in [9.17, 15) is 47.9 Å². The van der Waals surface area contributed by atoms with Crippen molar-refractivity contribution in [3.05, 3.63) is 85.2 Å². The molecular formula is C76H119Br2N7O20. The molecule has 2 fully saturated rings. The molecule has 2 aliphatic heterocycles. The minimum Gasteiger partial charge on any atom is -0.493 e. The lowest BCUT2D eigenvalue weighted by Crippen LogP contribution is -2.47. The van der Waals surface area contributed by atoms with Gasteiger partial charge in [0, 0.05) is 67.9 Å². The summed E-state index contributed by atoms with van der Waals surface area (Å²) in [5, 5.41) is 4.04. The monoisotopic (exact) mass is 1610 g/mol. The number of amides is 5. The van der Waals surface area contributed by atoms with Gasteiger partial charge in [0.2, 0.25) is 5.91 Å². The quantitative estimate of drug-likeness (QED) is 0.0179. The number of esters is 3. The molecule has 3 aromatic heterocycles. The number of nitrogens with one attached hydrogen (secondary N) is 1. The van der Waals surface area contributed by atoms with Gasteiger partial charge in [0.25, 0.3) is 23.6 Å². The number of alkyl halides is 2. The smallest absolute Gasteiger partial charge is 0.373 e. The lowest BCUT2D eigenvalue weighted by atomic mass is 9.69. The molecule has 0 spiro atoms. The molecule has 4 unspecified atom stereocenters.